The number of carbonyl (C=O) groups is 1. The van der Waals surface area contributed by atoms with Crippen LogP contribution >= 0.6 is 0 Å². The molecule has 0 spiro atoms. The van der Waals surface area contributed by atoms with Crippen LogP contribution in [0.3, 0.4) is 0 Å². The Morgan fingerprint density at radius 3 is 2.68 bits per heavy atom. The fraction of sp³-hybridized carbons (Fsp3) is 0.267. The first-order valence-electron chi connectivity index (χ1n) is 6.23. The van der Waals surface area contributed by atoms with Crippen molar-refractivity contribution in [1.29, 1.82) is 0 Å². The third-order valence-electron chi connectivity index (χ3n) is 3.13. The van der Waals surface area contributed by atoms with Crippen molar-refractivity contribution in [2.24, 2.45) is 0 Å². The van der Waals surface area contributed by atoms with Gasteiger partial charge in [-0.25, -0.2) is 0 Å². The number of rotatable bonds is 4. The molecule has 0 bridgehead atoms. The minimum absolute atomic E-state index is 0.0717. The van der Waals surface area contributed by atoms with Gasteiger partial charge in [-0.05, 0) is 43.7 Å². The number of nitrogens with one attached hydrogen (secondary N) is 2. The molecule has 0 fully saturated rings. The van der Waals surface area contributed by atoms with E-state index in [4.69, 9.17) is 4.42 Å². The van der Waals surface area contributed by atoms with Crippen molar-refractivity contribution in [3.05, 3.63) is 53.5 Å². The molecule has 1 amide bonds. The van der Waals surface area contributed by atoms with Gasteiger partial charge in [-0.2, -0.15) is 0 Å². The fourth-order valence-electron chi connectivity index (χ4n) is 1.95. The van der Waals surface area contributed by atoms with Crippen molar-refractivity contribution in [2.75, 3.05) is 12.4 Å². The number of carbonyl (C=O) groups excluding carboxylic acids is 1. The van der Waals surface area contributed by atoms with Crippen LogP contribution in [0.2, 0.25) is 0 Å². The largest absolute Gasteiger partial charge is 0.472 e. The summed E-state index contributed by atoms with van der Waals surface area (Å²) in [5.41, 5.74) is 3.81. The van der Waals surface area contributed by atoms with E-state index < -0.39 is 0 Å². The summed E-state index contributed by atoms with van der Waals surface area (Å²) in [5.74, 6) is -0.0717. The van der Waals surface area contributed by atoms with Gasteiger partial charge in [0.2, 0.25) is 0 Å². The Labute approximate surface area is 112 Å². The van der Waals surface area contributed by atoms with Crippen molar-refractivity contribution in [2.45, 2.75) is 19.9 Å². The third kappa shape index (κ3) is 2.96. The van der Waals surface area contributed by atoms with Gasteiger partial charge in [-0.15, -0.1) is 0 Å². The Hall–Kier alpha value is -2.23. The molecule has 1 aromatic carbocycles. The average Bonchev–Trinajstić information content (AvgIpc) is 2.94. The van der Waals surface area contributed by atoms with Gasteiger partial charge in [0.25, 0.3) is 5.91 Å². The zero-order chi connectivity index (χ0) is 13.8. The third-order valence-corrected chi connectivity index (χ3v) is 3.13. The summed E-state index contributed by atoms with van der Waals surface area (Å²) < 4.78 is 5.08. The Kier molecular flexibility index (Phi) is 3.90. The van der Waals surface area contributed by atoms with Crippen LogP contribution in [-0.2, 0) is 0 Å². The Morgan fingerprint density at radius 1 is 1.32 bits per heavy atom. The van der Waals surface area contributed by atoms with Crippen molar-refractivity contribution in [1.82, 2.24) is 5.32 Å². The van der Waals surface area contributed by atoms with Gasteiger partial charge in [-0.1, -0.05) is 0 Å². The van der Waals surface area contributed by atoms with E-state index >= 15 is 0 Å². The number of furan rings is 1. The van der Waals surface area contributed by atoms with Gasteiger partial charge in [0.05, 0.1) is 18.6 Å². The summed E-state index contributed by atoms with van der Waals surface area (Å²) in [6.07, 6.45) is 3.39. The molecule has 0 saturated carbocycles. The van der Waals surface area contributed by atoms with Gasteiger partial charge in [0.1, 0.15) is 0 Å². The zero-order valence-electron chi connectivity index (χ0n) is 11.4. The maximum absolute atomic E-state index is 11.5. The van der Waals surface area contributed by atoms with E-state index in [9.17, 15) is 4.79 Å². The summed E-state index contributed by atoms with van der Waals surface area (Å²) in [6, 6.07) is 7.71. The molecule has 0 aliphatic rings. The molecule has 1 heterocycles. The molecule has 19 heavy (non-hydrogen) atoms. The molecular weight excluding hydrogens is 240 g/mol. The van der Waals surface area contributed by atoms with Crippen LogP contribution in [0.4, 0.5) is 5.69 Å². The van der Waals surface area contributed by atoms with Gasteiger partial charge in [0, 0.05) is 23.9 Å². The molecule has 4 nitrogen and oxygen atoms in total. The fourth-order valence-corrected chi connectivity index (χ4v) is 1.95. The Balaban J connectivity index is 2.15. The number of benzene rings is 1. The van der Waals surface area contributed by atoms with E-state index in [-0.39, 0.29) is 11.9 Å². The number of aryl methyl sites for hydroxylation is 1. The molecule has 0 aliphatic heterocycles. The molecule has 100 valence electrons. The Morgan fingerprint density at radius 2 is 2.11 bits per heavy atom. The molecule has 2 aromatic rings. The number of hydrogen-bond donors (Lipinski definition) is 2. The van der Waals surface area contributed by atoms with Gasteiger partial charge >= 0.3 is 0 Å². The lowest BCUT2D eigenvalue weighted by atomic mass is 10.1. The van der Waals surface area contributed by atoms with E-state index in [1.54, 1.807) is 19.6 Å². The van der Waals surface area contributed by atoms with Crippen LogP contribution in [0, 0.1) is 6.92 Å². The lowest BCUT2D eigenvalue weighted by Gasteiger charge is -2.16. The quantitative estimate of drug-likeness (QED) is 0.886. The van der Waals surface area contributed by atoms with E-state index in [1.165, 1.54) is 0 Å². The van der Waals surface area contributed by atoms with E-state index in [0.717, 1.165) is 16.8 Å². The molecule has 1 atom stereocenters. The summed E-state index contributed by atoms with van der Waals surface area (Å²) in [6.45, 7) is 4.05. The summed E-state index contributed by atoms with van der Waals surface area (Å²) in [4.78, 5) is 11.5. The van der Waals surface area contributed by atoms with Crippen molar-refractivity contribution < 1.29 is 9.21 Å². The predicted molar refractivity (Wildman–Crippen MR) is 75.3 cm³/mol. The first-order chi connectivity index (χ1) is 9.11. The van der Waals surface area contributed by atoms with Gasteiger partial charge in [-0.3, -0.25) is 4.79 Å². The maximum atomic E-state index is 11.5. The second-order valence-corrected chi connectivity index (χ2v) is 4.53. The highest BCUT2D eigenvalue weighted by Gasteiger charge is 2.10. The first kappa shape index (κ1) is 13.2. The van der Waals surface area contributed by atoms with Crippen LogP contribution in [0.25, 0.3) is 0 Å². The summed E-state index contributed by atoms with van der Waals surface area (Å²) >= 11 is 0. The first-order valence-corrected chi connectivity index (χ1v) is 6.23. The number of amides is 1. The predicted octanol–water partition coefficient (Wildman–Crippen LogP) is 3.12. The molecule has 1 aromatic heterocycles. The molecule has 1 unspecified atom stereocenters. The normalized spacial score (nSPS) is 11.9. The lowest BCUT2D eigenvalue weighted by Crippen LogP contribution is -2.18. The molecule has 4 heteroatoms. The van der Waals surface area contributed by atoms with E-state index in [0.29, 0.717) is 5.56 Å². The van der Waals surface area contributed by atoms with Gasteiger partial charge in [0.15, 0.2) is 0 Å². The molecule has 2 rings (SSSR count). The number of anilines is 1. The number of hydrogen-bond acceptors (Lipinski definition) is 3. The molecular formula is C15H18N2O2. The van der Waals surface area contributed by atoms with Crippen LogP contribution in [0.15, 0.2) is 41.2 Å². The summed E-state index contributed by atoms with van der Waals surface area (Å²) in [7, 11) is 1.63. The van der Waals surface area contributed by atoms with Crippen LogP contribution in [0.5, 0.6) is 0 Å². The second kappa shape index (κ2) is 5.61. The van der Waals surface area contributed by atoms with Crippen molar-refractivity contribution in [3.63, 3.8) is 0 Å². The standard InChI is InChI=1S/C15H18N2O2/c1-10-8-12(15(18)16-3)4-5-14(10)17-11(2)13-6-7-19-9-13/h4-9,11,17H,1-3H3,(H,16,18). The molecule has 0 aliphatic carbocycles. The van der Waals surface area contributed by atoms with Crippen molar-refractivity contribution in [3.8, 4) is 0 Å². The highest BCUT2D eigenvalue weighted by atomic mass is 16.3. The lowest BCUT2D eigenvalue weighted by molar-refractivity contribution is 0.0963. The topological polar surface area (TPSA) is 54.3 Å². The summed E-state index contributed by atoms with van der Waals surface area (Å²) in [5, 5.41) is 6.02. The molecule has 2 N–H and O–H groups in total. The van der Waals surface area contributed by atoms with E-state index in [1.807, 2.05) is 31.2 Å². The zero-order valence-corrected chi connectivity index (χ0v) is 11.4. The van der Waals surface area contributed by atoms with E-state index in [2.05, 4.69) is 17.6 Å². The maximum Gasteiger partial charge on any atom is 0.251 e. The van der Waals surface area contributed by atoms with Crippen LogP contribution < -0.4 is 10.6 Å². The van der Waals surface area contributed by atoms with Gasteiger partial charge < -0.3 is 15.1 Å². The highest BCUT2D eigenvalue weighted by Crippen LogP contribution is 2.23. The second-order valence-electron chi connectivity index (χ2n) is 4.53. The average molecular weight is 258 g/mol. The minimum Gasteiger partial charge on any atom is -0.472 e. The smallest absolute Gasteiger partial charge is 0.251 e. The van der Waals surface area contributed by atoms with Crippen molar-refractivity contribution >= 4 is 11.6 Å². The highest BCUT2D eigenvalue weighted by molar-refractivity contribution is 5.94. The molecule has 0 radical (unpaired) electrons. The minimum atomic E-state index is -0.0717. The Bertz CT molecular complexity index is 562. The monoisotopic (exact) mass is 258 g/mol. The SMILES string of the molecule is CNC(=O)c1ccc(NC(C)c2ccoc2)c(C)c1. The van der Waals surface area contributed by atoms with Crippen LogP contribution in [0.1, 0.15) is 34.5 Å². The van der Waals surface area contributed by atoms with Crippen LogP contribution in [-0.4, -0.2) is 13.0 Å². The molecule has 0 saturated heterocycles.